The molecule has 1 N–H and O–H groups in total. The van der Waals surface area contributed by atoms with E-state index >= 15 is 0 Å². The highest BCUT2D eigenvalue weighted by Crippen LogP contribution is 2.26. The minimum Gasteiger partial charge on any atom is -0.372 e. The fourth-order valence-corrected chi connectivity index (χ4v) is 2.86. The Bertz CT molecular complexity index is 427. The van der Waals surface area contributed by atoms with Crippen LogP contribution in [0.2, 0.25) is 0 Å². The highest BCUT2D eigenvalue weighted by molar-refractivity contribution is 5.34. The summed E-state index contributed by atoms with van der Waals surface area (Å²) in [6, 6.07) is 7.32. The van der Waals surface area contributed by atoms with Crippen LogP contribution in [0.5, 0.6) is 0 Å². The fraction of sp³-hybridized carbons (Fsp3) is 0.556. The van der Waals surface area contributed by atoms with E-state index in [9.17, 15) is 0 Å². The summed E-state index contributed by atoms with van der Waals surface area (Å²) >= 11 is 0. The standard InChI is InChI=1S/C18H27NO/c1-3-5-6-7-8-9-18(19-4-2)15-10-11-16-13-20-14-17(16)12-15/h3,10-12,18-19H,1,4-9,13-14H2,2H3. The molecule has 1 aromatic carbocycles. The van der Waals surface area contributed by atoms with Gasteiger partial charge in [0.05, 0.1) is 13.2 Å². The van der Waals surface area contributed by atoms with Crippen LogP contribution in [0, 0.1) is 0 Å². The first-order valence-corrected chi connectivity index (χ1v) is 7.89. The van der Waals surface area contributed by atoms with Crippen LogP contribution >= 0.6 is 0 Å². The first kappa shape index (κ1) is 15.3. The van der Waals surface area contributed by atoms with E-state index < -0.39 is 0 Å². The molecule has 0 amide bonds. The van der Waals surface area contributed by atoms with Crippen molar-refractivity contribution in [1.29, 1.82) is 0 Å². The number of benzene rings is 1. The smallest absolute Gasteiger partial charge is 0.0725 e. The molecule has 2 nitrogen and oxygen atoms in total. The molecule has 2 heteroatoms. The summed E-state index contributed by atoms with van der Waals surface area (Å²) < 4.78 is 5.51. The zero-order chi connectivity index (χ0) is 14.2. The molecule has 0 saturated carbocycles. The van der Waals surface area contributed by atoms with Crippen molar-refractivity contribution in [3.05, 3.63) is 47.5 Å². The molecule has 0 aromatic heterocycles. The summed E-state index contributed by atoms with van der Waals surface area (Å²) in [5, 5.41) is 3.62. The second-order valence-corrected chi connectivity index (χ2v) is 5.56. The van der Waals surface area contributed by atoms with E-state index in [0.717, 1.165) is 26.2 Å². The first-order valence-electron chi connectivity index (χ1n) is 7.89. The van der Waals surface area contributed by atoms with Crippen molar-refractivity contribution in [2.45, 2.75) is 58.3 Å². The maximum absolute atomic E-state index is 5.51. The van der Waals surface area contributed by atoms with Gasteiger partial charge >= 0.3 is 0 Å². The molecule has 0 saturated heterocycles. The van der Waals surface area contributed by atoms with Crippen molar-refractivity contribution in [3.63, 3.8) is 0 Å². The van der Waals surface area contributed by atoms with Gasteiger partial charge in [0.2, 0.25) is 0 Å². The van der Waals surface area contributed by atoms with Gasteiger partial charge in [-0.2, -0.15) is 0 Å². The number of hydrogen-bond donors (Lipinski definition) is 1. The molecule has 0 aliphatic carbocycles. The molecule has 0 bridgehead atoms. The van der Waals surface area contributed by atoms with Crippen molar-refractivity contribution in [2.24, 2.45) is 0 Å². The Morgan fingerprint density at radius 2 is 2.10 bits per heavy atom. The van der Waals surface area contributed by atoms with Crippen LogP contribution in [0.4, 0.5) is 0 Å². The number of nitrogens with one attached hydrogen (secondary N) is 1. The van der Waals surface area contributed by atoms with Gasteiger partial charge in [-0.05, 0) is 42.5 Å². The summed E-state index contributed by atoms with van der Waals surface area (Å²) in [7, 11) is 0. The number of unbranched alkanes of at least 4 members (excludes halogenated alkanes) is 3. The largest absolute Gasteiger partial charge is 0.372 e. The lowest BCUT2D eigenvalue weighted by molar-refractivity contribution is 0.134. The van der Waals surface area contributed by atoms with Gasteiger partial charge in [0.25, 0.3) is 0 Å². The summed E-state index contributed by atoms with van der Waals surface area (Å²) in [5.41, 5.74) is 4.15. The molecule has 1 aliphatic rings. The SMILES string of the molecule is C=CCCCCCC(NCC)c1ccc2c(c1)COC2. The Morgan fingerprint density at radius 1 is 1.25 bits per heavy atom. The van der Waals surface area contributed by atoms with E-state index in [1.807, 2.05) is 6.08 Å². The molecule has 2 rings (SSSR count). The van der Waals surface area contributed by atoms with Gasteiger partial charge < -0.3 is 10.1 Å². The van der Waals surface area contributed by atoms with Gasteiger partial charge in [0.15, 0.2) is 0 Å². The average molecular weight is 273 g/mol. The molecular weight excluding hydrogens is 246 g/mol. The van der Waals surface area contributed by atoms with Crippen LogP contribution in [-0.4, -0.2) is 6.54 Å². The highest BCUT2D eigenvalue weighted by Gasteiger charge is 2.15. The molecule has 110 valence electrons. The van der Waals surface area contributed by atoms with Crippen molar-refractivity contribution in [1.82, 2.24) is 5.32 Å². The summed E-state index contributed by atoms with van der Waals surface area (Å²) in [4.78, 5) is 0. The maximum Gasteiger partial charge on any atom is 0.0725 e. The first-order chi connectivity index (χ1) is 9.85. The lowest BCUT2D eigenvalue weighted by Crippen LogP contribution is -2.21. The highest BCUT2D eigenvalue weighted by atomic mass is 16.5. The molecule has 0 spiro atoms. The number of ether oxygens (including phenoxy) is 1. The van der Waals surface area contributed by atoms with Crippen molar-refractivity contribution in [2.75, 3.05) is 6.54 Å². The summed E-state index contributed by atoms with van der Waals surface area (Å²) in [5.74, 6) is 0. The molecule has 1 heterocycles. The van der Waals surface area contributed by atoms with Gasteiger partial charge in [-0.15, -0.1) is 6.58 Å². The molecule has 1 aromatic rings. The minimum atomic E-state index is 0.481. The zero-order valence-corrected chi connectivity index (χ0v) is 12.7. The third-order valence-corrected chi connectivity index (χ3v) is 4.00. The molecule has 1 aliphatic heterocycles. The Kier molecular flexibility index (Phi) is 6.28. The van der Waals surface area contributed by atoms with Crippen LogP contribution in [0.25, 0.3) is 0 Å². The van der Waals surface area contributed by atoms with Gasteiger partial charge in [-0.1, -0.05) is 44.0 Å². The molecule has 0 radical (unpaired) electrons. The number of hydrogen-bond acceptors (Lipinski definition) is 2. The van der Waals surface area contributed by atoms with Crippen LogP contribution in [0.3, 0.4) is 0 Å². The van der Waals surface area contributed by atoms with Gasteiger partial charge in [-0.25, -0.2) is 0 Å². The normalized spacial score (nSPS) is 15.1. The monoisotopic (exact) mass is 273 g/mol. The molecule has 1 unspecified atom stereocenters. The van der Waals surface area contributed by atoms with E-state index in [1.54, 1.807) is 0 Å². The Morgan fingerprint density at radius 3 is 2.90 bits per heavy atom. The van der Waals surface area contributed by atoms with Crippen LogP contribution < -0.4 is 5.32 Å². The van der Waals surface area contributed by atoms with Crippen LogP contribution in [0.15, 0.2) is 30.9 Å². The summed E-state index contributed by atoms with van der Waals surface area (Å²) in [6.07, 6.45) is 8.20. The van der Waals surface area contributed by atoms with E-state index in [1.165, 1.54) is 42.4 Å². The minimum absolute atomic E-state index is 0.481. The second-order valence-electron chi connectivity index (χ2n) is 5.56. The number of allylic oxidation sites excluding steroid dienone is 1. The lowest BCUT2D eigenvalue weighted by Gasteiger charge is -2.19. The van der Waals surface area contributed by atoms with Crippen LogP contribution in [0.1, 0.15) is 61.8 Å². The number of rotatable bonds is 9. The quantitative estimate of drug-likeness (QED) is 0.528. The maximum atomic E-state index is 5.51. The second kappa shape index (κ2) is 8.23. The van der Waals surface area contributed by atoms with E-state index in [4.69, 9.17) is 4.74 Å². The van der Waals surface area contributed by atoms with Gasteiger partial charge in [0, 0.05) is 6.04 Å². The van der Waals surface area contributed by atoms with Gasteiger partial charge in [-0.3, -0.25) is 0 Å². The Balaban J connectivity index is 1.91. The molecule has 0 fully saturated rings. The Labute approximate surface area is 123 Å². The third kappa shape index (κ3) is 4.19. The van der Waals surface area contributed by atoms with Crippen LogP contribution in [-0.2, 0) is 18.0 Å². The third-order valence-electron chi connectivity index (χ3n) is 4.00. The van der Waals surface area contributed by atoms with Crippen molar-refractivity contribution in [3.8, 4) is 0 Å². The predicted molar refractivity (Wildman–Crippen MR) is 84.6 cm³/mol. The molecule has 20 heavy (non-hydrogen) atoms. The van der Waals surface area contributed by atoms with E-state index in [0.29, 0.717) is 6.04 Å². The molecule has 1 atom stereocenters. The zero-order valence-electron chi connectivity index (χ0n) is 12.7. The number of fused-ring (bicyclic) bond motifs is 1. The average Bonchev–Trinajstić information content (AvgIpc) is 2.93. The predicted octanol–water partition coefficient (Wildman–Crippen LogP) is 4.50. The topological polar surface area (TPSA) is 21.3 Å². The summed E-state index contributed by atoms with van der Waals surface area (Å²) in [6.45, 7) is 8.54. The fourth-order valence-electron chi connectivity index (χ4n) is 2.86. The Hall–Kier alpha value is -1.12. The lowest BCUT2D eigenvalue weighted by atomic mass is 9.96. The van der Waals surface area contributed by atoms with E-state index in [2.05, 4.69) is 37.0 Å². The molecular formula is C18H27NO. The van der Waals surface area contributed by atoms with Gasteiger partial charge in [0.1, 0.15) is 0 Å². The van der Waals surface area contributed by atoms with Crippen molar-refractivity contribution >= 4 is 0 Å². The van der Waals surface area contributed by atoms with E-state index in [-0.39, 0.29) is 0 Å². The van der Waals surface area contributed by atoms with Crippen molar-refractivity contribution < 1.29 is 4.74 Å².